The van der Waals surface area contributed by atoms with Gasteiger partial charge in [-0.05, 0) is 41.6 Å². The Morgan fingerprint density at radius 2 is 2.15 bits per heavy atom. The van der Waals surface area contributed by atoms with E-state index in [4.69, 9.17) is 16.3 Å². The van der Waals surface area contributed by atoms with Gasteiger partial charge in [-0.2, -0.15) is 0 Å². The van der Waals surface area contributed by atoms with Gasteiger partial charge in [0.25, 0.3) is 0 Å². The first-order chi connectivity index (χ1) is 6.06. The summed E-state index contributed by atoms with van der Waals surface area (Å²) in [6, 6.07) is 3.38. The van der Waals surface area contributed by atoms with Crippen LogP contribution in [0.2, 0.25) is 5.02 Å². The van der Waals surface area contributed by atoms with Crippen molar-refractivity contribution in [2.24, 2.45) is 0 Å². The van der Waals surface area contributed by atoms with E-state index in [2.05, 4.69) is 0 Å². The second kappa shape index (κ2) is 4.28. The summed E-state index contributed by atoms with van der Waals surface area (Å²) in [5, 5.41) is 0.546. The fraction of sp³-hybridized carbons (Fsp3) is 0.222. The van der Waals surface area contributed by atoms with Crippen LogP contribution in [-0.4, -0.2) is 12.9 Å². The van der Waals surface area contributed by atoms with Gasteiger partial charge in [0.05, 0.1) is 12.1 Å². The molecule has 0 radical (unpaired) electrons. The lowest BCUT2D eigenvalue weighted by Gasteiger charge is -2.06. The lowest BCUT2D eigenvalue weighted by Crippen LogP contribution is -1.97. The molecule has 0 unspecified atom stereocenters. The summed E-state index contributed by atoms with van der Waals surface area (Å²) in [5.41, 5.74) is 0.602. The van der Waals surface area contributed by atoms with Gasteiger partial charge in [-0.1, -0.05) is 11.6 Å². The maximum Gasteiger partial charge on any atom is 0.161 e. The summed E-state index contributed by atoms with van der Waals surface area (Å²) in [7, 11) is 1.54. The number of halogens is 2. The van der Waals surface area contributed by atoms with Crippen molar-refractivity contribution in [1.29, 1.82) is 0 Å². The molecule has 0 saturated carbocycles. The third kappa shape index (κ3) is 2.34. The topological polar surface area (TPSA) is 26.3 Å². The Morgan fingerprint density at radius 3 is 2.62 bits per heavy atom. The van der Waals surface area contributed by atoms with Gasteiger partial charge in [-0.3, -0.25) is 4.79 Å². The molecule has 0 aliphatic carbocycles. The number of ketones is 1. The molecule has 2 nitrogen and oxygen atoms in total. The summed E-state index contributed by atoms with van der Waals surface area (Å²) < 4.78 is 5.77. The van der Waals surface area contributed by atoms with E-state index >= 15 is 0 Å². The van der Waals surface area contributed by atoms with Crippen molar-refractivity contribution < 1.29 is 9.53 Å². The molecule has 70 valence electrons. The lowest BCUT2D eigenvalue weighted by molar-refractivity contribution is 0.101. The Hall–Kier alpha value is -0.290. The zero-order chi connectivity index (χ0) is 10.0. The van der Waals surface area contributed by atoms with Crippen LogP contribution < -0.4 is 4.74 Å². The Labute approximate surface area is 95.4 Å². The number of methoxy groups -OCH3 is 1. The van der Waals surface area contributed by atoms with Crippen LogP contribution in [0.25, 0.3) is 0 Å². The number of carbonyl (C=O) groups excluding carboxylic acids is 1. The Kier molecular flexibility index (Phi) is 3.55. The maximum atomic E-state index is 11.2. The molecule has 0 N–H and O–H groups in total. The maximum absolute atomic E-state index is 11.2. The highest BCUT2D eigenvalue weighted by molar-refractivity contribution is 14.1. The summed E-state index contributed by atoms with van der Waals surface area (Å²) in [5.74, 6) is 0.598. The van der Waals surface area contributed by atoms with E-state index in [-0.39, 0.29) is 5.78 Å². The van der Waals surface area contributed by atoms with Crippen molar-refractivity contribution in [2.45, 2.75) is 6.92 Å². The number of hydrogen-bond acceptors (Lipinski definition) is 2. The number of Topliss-reactive ketones (excluding diaryl/α,β-unsaturated/α-hetero) is 1. The fourth-order valence-electron chi connectivity index (χ4n) is 0.938. The van der Waals surface area contributed by atoms with E-state index in [0.717, 1.165) is 3.57 Å². The second-order valence-electron chi connectivity index (χ2n) is 2.53. The van der Waals surface area contributed by atoms with Crippen LogP contribution in [0.1, 0.15) is 17.3 Å². The molecule has 0 aliphatic rings. The van der Waals surface area contributed by atoms with Crippen LogP contribution in [0.15, 0.2) is 12.1 Å². The van der Waals surface area contributed by atoms with E-state index in [1.165, 1.54) is 6.92 Å². The second-order valence-corrected chi connectivity index (χ2v) is 4.01. The van der Waals surface area contributed by atoms with Gasteiger partial charge in [0.1, 0.15) is 5.75 Å². The molecule has 0 fully saturated rings. The summed E-state index contributed by atoms with van der Waals surface area (Å²) in [6.07, 6.45) is 0. The quantitative estimate of drug-likeness (QED) is 0.619. The first-order valence-corrected chi connectivity index (χ1v) is 5.06. The number of ether oxygens (including phenoxy) is 1. The summed E-state index contributed by atoms with van der Waals surface area (Å²) in [6.45, 7) is 1.51. The standard InChI is InChI=1S/C9H8ClIO2/c1-5(12)7-3-6(13-2)4-8(10)9(7)11/h3-4H,1-2H3. The summed E-state index contributed by atoms with van der Waals surface area (Å²) >= 11 is 7.95. The van der Waals surface area contributed by atoms with Gasteiger partial charge in [-0.25, -0.2) is 0 Å². The van der Waals surface area contributed by atoms with Gasteiger partial charge in [0.15, 0.2) is 5.78 Å². The van der Waals surface area contributed by atoms with Crippen molar-refractivity contribution in [3.8, 4) is 5.75 Å². The van der Waals surface area contributed by atoms with Crippen molar-refractivity contribution >= 4 is 40.0 Å². The zero-order valence-electron chi connectivity index (χ0n) is 7.23. The minimum Gasteiger partial charge on any atom is -0.497 e. The number of benzene rings is 1. The van der Waals surface area contributed by atoms with E-state index in [1.54, 1.807) is 19.2 Å². The third-order valence-electron chi connectivity index (χ3n) is 1.62. The monoisotopic (exact) mass is 310 g/mol. The largest absolute Gasteiger partial charge is 0.497 e. The van der Waals surface area contributed by atoms with E-state index < -0.39 is 0 Å². The molecule has 0 aliphatic heterocycles. The molecule has 0 atom stereocenters. The highest BCUT2D eigenvalue weighted by Crippen LogP contribution is 2.28. The molecule has 1 aromatic carbocycles. The predicted molar refractivity (Wildman–Crippen MR) is 60.7 cm³/mol. The normalized spacial score (nSPS) is 9.85. The molecule has 0 saturated heterocycles. The van der Waals surface area contributed by atoms with Crippen LogP contribution >= 0.6 is 34.2 Å². The van der Waals surface area contributed by atoms with Crippen LogP contribution in [0.5, 0.6) is 5.75 Å². The average molecular weight is 311 g/mol. The van der Waals surface area contributed by atoms with Gasteiger partial charge >= 0.3 is 0 Å². The molecule has 1 rings (SSSR count). The Balaban J connectivity index is 3.33. The molecule has 0 amide bonds. The SMILES string of the molecule is COc1cc(Cl)c(I)c(C(C)=O)c1. The minimum atomic E-state index is -0.00907. The van der Waals surface area contributed by atoms with Crippen LogP contribution in [0.4, 0.5) is 0 Å². The summed E-state index contributed by atoms with van der Waals surface area (Å²) in [4.78, 5) is 11.2. The lowest BCUT2D eigenvalue weighted by atomic mass is 10.1. The van der Waals surface area contributed by atoms with Crippen molar-refractivity contribution in [3.05, 3.63) is 26.3 Å². The predicted octanol–water partition coefficient (Wildman–Crippen LogP) is 3.16. The molecular weight excluding hydrogens is 302 g/mol. The minimum absolute atomic E-state index is 0.00907. The molecular formula is C9H8ClIO2. The average Bonchev–Trinajstić information content (AvgIpc) is 2.09. The van der Waals surface area contributed by atoms with Crippen LogP contribution in [0, 0.1) is 3.57 Å². The highest BCUT2D eigenvalue weighted by Gasteiger charge is 2.10. The molecule has 0 bridgehead atoms. The molecule has 1 aromatic rings. The van der Waals surface area contributed by atoms with Crippen LogP contribution in [-0.2, 0) is 0 Å². The van der Waals surface area contributed by atoms with Gasteiger partial charge < -0.3 is 4.74 Å². The fourth-order valence-corrected chi connectivity index (χ4v) is 1.84. The van der Waals surface area contributed by atoms with Crippen molar-refractivity contribution in [2.75, 3.05) is 7.11 Å². The smallest absolute Gasteiger partial charge is 0.161 e. The molecule has 0 spiro atoms. The number of carbonyl (C=O) groups is 1. The Morgan fingerprint density at radius 1 is 1.54 bits per heavy atom. The molecule has 0 aromatic heterocycles. The van der Waals surface area contributed by atoms with Gasteiger partial charge in [-0.15, -0.1) is 0 Å². The number of hydrogen-bond donors (Lipinski definition) is 0. The Bertz CT molecular complexity index is 350. The highest BCUT2D eigenvalue weighted by atomic mass is 127. The van der Waals surface area contributed by atoms with E-state index in [1.807, 2.05) is 22.6 Å². The van der Waals surface area contributed by atoms with Gasteiger partial charge in [0.2, 0.25) is 0 Å². The third-order valence-corrected chi connectivity index (χ3v) is 3.40. The molecule has 13 heavy (non-hydrogen) atoms. The van der Waals surface area contributed by atoms with E-state index in [9.17, 15) is 4.79 Å². The number of rotatable bonds is 2. The van der Waals surface area contributed by atoms with Gasteiger partial charge in [0, 0.05) is 9.13 Å². The molecule has 0 heterocycles. The first-order valence-electron chi connectivity index (χ1n) is 3.60. The van der Waals surface area contributed by atoms with Crippen molar-refractivity contribution in [1.82, 2.24) is 0 Å². The van der Waals surface area contributed by atoms with Crippen molar-refractivity contribution in [3.63, 3.8) is 0 Å². The zero-order valence-corrected chi connectivity index (χ0v) is 10.1. The molecule has 4 heteroatoms. The van der Waals surface area contributed by atoms with Crippen LogP contribution in [0.3, 0.4) is 0 Å². The van der Waals surface area contributed by atoms with E-state index in [0.29, 0.717) is 16.3 Å². The first kappa shape index (κ1) is 10.8.